The van der Waals surface area contributed by atoms with E-state index < -0.39 is 0 Å². The molecule has 0 N–H and O–H groups in total. The van der Waals surface area contributed by atoms with E-state index in [9.17, 15) is 0 Å². The summed E-state index contributed by atoms with van der Waals surface area (Å²) in [6, 6.07) is 42.6. The van der Waals surface area contributed by atoms with Gasteiger partial charge in [-0.3, -0.25) is 4.98 Å². The highest BCUT2D eigenvalue weighted by Gasteiger charge is 2.17. The monoisotopic (exact) mass is 526 g/mol. The average Bonchev–Trinajstić information content (AvgIpc) is 3.43. The zero-order chi connectivity index (χ0) is 27.2. The van der Waals surface area contributed by atoms with Crippen LogP contribution in [0.3, 0.4) is 0 Å². The van der Waals surface area contributed by atoms with Gasteiger partial charge in [0.05, 0.1) is 34.3 Å². The lowest BCUT2D eigenvalue weighted by molar-refractivity contribution is 0.669. The minimum absolute atomic E-state index is 0.684. The molecule has 3 heterocycles. The summed E-state index contributed by atoms with van der Waals surface area (Å²) >= 11 is 0. The number of hydrogen-bond acceptors (Lipinski definition) is 5. The van der Waals surface area contributed by atoms with Crippen LogP contribution in [0, 0.1) is 0 Å². The van der Waals surface area contributed by atoms with Gasteiger partial charge in [-0.25, -0.2) is 15.0 Å². The van der Waals surface area contributed by atoms with Crippen LogP contribution in [0.25, 0.3) is 78.1 Å². The second-order valence-electron chi connectivity index (χ2n) is 9.93. The van der Waals surface area contributed by atoms with Gasteiger partial charge in [0.2, 0.25) is 0 Å². The quantitative estimate of drug-likeness (QED) is 0.229. The molecular weight excluding hydrogens is 504 g/mol. The Morgan fingerprint density at radius 3 is 2.02 bits per heavy atom. The van der Waals surface area contributed by atoms with E-state index in [1.165, 1.54) is 0 Å². The molecule has 41 heavy (non-hydrogen) atoms. The Bertz CT molecular complexity index is 2150. The molecule has 3 aromatic heterocycles. The van der Waals surface area contributed by atoms with Crippen LogP contribution in [0.5, 0.6) is 0 Å². The molecule has 5 nitrogen and oxygen atoms in total. The molecule has 0 radical (unpaired) electrons. The van der Waals surface area contributed by atoms with Gasteiger partial charge in [-0.2, -0.15) is 0 Å². The Kier molecular flexibility index (Phi) is 5.38. The fourth-order valence-corrected chi connectivity index (χ4v) is 5.35. The van der Waals surface area contributed by atoms with Crippen molar-refractivity contribution in [2.24, 2.45) is 0 Å². The normalized spacial score (nSPS) is 11.4. The van der Waals surface area contributed by atoms with Crippen molar-refractivity contribution >= 4 is 33.0 Å². The predicted octanol–water partition coefficient (Wildman–Crippen LogP) is 8.99. The summed E-state index contributed by atoms with van der Waals surface area (Å²) in [5.41, 5.74) is 9.82. The molecule has 0 aliphatic rings. The van der Waals surface area contributed by atoms with Gasteiger partial charge in [0, 0.05) is 33.0 Å². The van der Waals surface area contributed by atoms with Gasteiger partial charge in [-0.15, -0.1) is 0 Å². The maximum Gasteiger partial charge on any atom is 0.160 e. The Morgan fingerprint density at radius 1 is 0.463 bits per heavy atom. The van der Waals surface area contributed by atoms with E-state index in [0.717, 1.165) is 72.3 Å². The molecule has 5 aromatic carbocycles. The van der Waals surface area contributed by atoms with Crippen molar-refractivity contribution in [3.8, 4) is 45.2 Å². The van der Waals surface area contributed by atoms with Crippen molar-refractivity contribution in [1.82, 2.24) is 19.9 Å². The van der Waals surface area contributed by atoms with Crippen LogP contribution in [0.15, 0.2) is 138 Å². The Morgan fingerprint density at radius 2 is 1.20 bits per heavy atom. The number of benzene rings is 5. The minimum Gasteiger partial charge on any atom is -0.456 e. The average molecular weight is 527 g/mol. The van der Waals surface area contributed by atoms with Crippen molar-refractivity contribution in [1.29, 1.82) is 0 Å². The molecule has 8 rings (SSSR count). The number of nitrogens with zero attached hydrogens (tertiary/aromatic N) is 4. The maximum atomic E-state index is 6.40. The lowest BCUT2D eigenvalue weighted by Gasteiger charge is -2.10. The Labute approximate surface area is 235 Å². The number of para-hydroxylation sites is 2. The molecule has 192 valence electrons. The molecule has 0 aliphatic heterocycles. The van der Waals surface area contributed by atoms with Gasteiger partial charge < -0.3 is 4.42 Å². The van der Waals surface area contributed by atoms with E-state index in [2.05, 4.69) is 41.4 Å². The second kappa shape index (κ2) is 9.50. The van der Waals surface area contributed by atoms with Crippen LogP contribution in [0.4, 0.5) is 0 Å². The van der Waals surface area contributed by atoms with Crippen LogP contribution < -0.4 is 0 Å². The SMILES string of the molecule is c1ccc(-c2cc(-c3cccc4oc5cc(-c6cnc7ccccc7n6)ccc5c34)nc(-c3ccccc3)n2)cc1. The number of aromatic nitrogens is 4. The summed E-state index contributed by atoms with van der Waals surface area (Å²) in [7, 11) is 0. The van der Waals surface area contributed by atoms with Gasteiger partial charge in [0.15, 0.2) is 5.82 Å². The summed E-state index contributed by atoms with van der Waals surface area (Å²) in [6.07, 6.45) is 1.81. The largest absolute Gasteiger partial charge is 0.456 e. The van der Waals surface area contributed by atoms with E-state index >= 15 is 0 Å². The third kappa shape index (κ3) is 4.12. The Balaban J connectivity index is 1.31. The molecule has 8 aromatic rings. The van der Waals surface area contributed by atoms with Crippen LogP contribution in [0.1, 0.15) is 0 Å². The first-order valence-electron chi connectivity index (χ1n) is 13.5. The van der Waals surface area contributed by atoms with Gasteiger partial charge in [0.25, 0.3) is 0 Å². The highest BCUT2D eigenvalue weighted by Crippen LogP contribution is 2.38. The van der Waals surface area contributed by atoms with Crippen LogP contribution in [-0.2, 0) is 0 Å². The van der Waals surface area contributed by atoms with Crippen LogP contribution in [0.2, 0.25) is 0 Å². The number of furan rings is 1. The van der Waals surface area contributed by atoms with Gasteiger partial charge in [-0.1, -0.05) is 91.0 Å². The zero-order valence-electron chi connectivity index (χ0n) is 21.9. The molecule has 0 fully saturated rings. The number of rotatable bonds is 4. The van der Waals surface area contributed by atoms with Crippen molar-refractivity contribution in [2.45, 2.75) is 0 Å². The molecule has 0 amide bonds. The van der Waals surface area contributed by atoms with Crippen LogP contribution >= 0.6 is 0 Å². The molecule has 0 spiro atoms. The van der Waals surface area contributed by atoms with Crippen molar-refractivity contribution in [3.05, 3.63) is 134 Å². The Hall–Kier alpha value is -5.68. The predicted molar refractivity (Wildman–Crippen MR) is 164 cm³/mol. The van der Waals surface area contributed by atoms with Crippen molar-refractivity contribution in [2.75, 3.05) is 0 Å². The highest BCUT2D eigenvalue weighted by atomic mass is 16.3. The zero-order valence-corrected chi connectivity index (χ0v) is 21.9. The van der Waals surface area contributed by atoms with Crippen molar-refractivity contribution < 1.29 is 4.42 Å². The summed E-state index contributed by atoms with van der Waals surface area (Å²) < 4.78 is 6.40. The summed E-state index contributed by atoms with van der Waals surface area (Å²) in [5, 5.41) is 2.05. The first kappa shape index (κ1) is 23.2. The summed E-state index contributed by atoms with van der Waals surface area (Å²) in [5.74, 6) is 0.684. The van der Waals surface area contributed by atoms with Gasteiger partial charge >= 0.3 is 0 Å². The summed E-state index contributed by atoms with van der Waals surface area (Å²) in [6.45, 7) is 0. The fraction of sp³-hybridized carbons (Fsp3) is 0. The molecule has 0 bridgehead atoms. The van der Waals surface area contributed by atoms with Gasteiger partial charge in [-0.05, 0) is 36.4 Å². The molecule has 5 heteroatoms. The topological polar surface area (TPSA) is 64.7 Å². The highest BCUT2D eigenvalue weighted by molar-refractivity contribution is 6.12. The van der Waals surface area contributed by atoms with Crippen LogP contribution in [-0.4, -0.2) is 19.9 Å². The standard InChI is InChI=1S/C36H22N4O/c1-3-10-23(11-4-1)30-21-31(40-36(39-30)24-12-5-2-6-13-24)26-14-9-17-33-35(26)27-19-18-25(20-34(27)41-33)32-22-37-28-15-7-8-16-29(28)38-32/h1-22H. The summed E-state index contributed by atoms with van der Waals surface area (Å²) in [4.78, 5) is 19.4. The van der Waals surface area contributed by atoms with E-state index in [4.69, 9.17) is 19.4 Å². The number of fused-ring (bicyclic) bond motifs is 4. The third-order valence-electron chi connectivity index (χ3n) is 7.35. The van der Waals surface area contributed by atoms with E-state index in [1.807, 2.05) is 97.2 Å². The molecule has 0 unspecified atom stereocenters. The van der Waals surface area contributed by atoms with E-state index in [0.29, 0.717) is 5.82 Å². The van der Waals surface area contributed by atoms with E-state index in [1.54, 1.807) is 0 Å². The molecule has 0 atom stereocenters. The lowest BCUT2D eigenvalue weighted by atomic mass is 10.0. The first-order valence-corrected chi connectivity index (χ1v) is 13.5. The maximum absolute atomic E-state index is 6.40. The third-order valence-corrected chi connectivity index (χ3v) is 7.35. The molecular formula is C36H22N4O. The minimum atomic E-state index is 0.684. The second-order valence-corrected chi connectivity index (χ2v) is 9.93. The number of hydrogen-bond donors (Lipinski definition) is 0. The first-order chi connectivity index (χ1) is 20.3. The molecule has 0 aliphatic carbocycles. The smallest absolute Gasteiger partial charge is 0.160 e. The lowest BCUT2D eigenvalue weighted by Crippen LogP contribution is -1.96. The van der Waals surface area contributed by atoms with Crippen molar-refractivity contribution in [3.63, 3.8) is 0 Å². The molecule has 0 saturated carbocycles. The fourth-order valence-electron chi connectivity index (χ4n) is 5.35. The molecule has 0 saturated heterocycles. The van der Waals surface area contributed by atoms with E-state index in [-0.39, 0.29) is 0 Å². The van der Waals surface area contributed by atoms with Gasteiger partial charge in [0.1, 0.15) is 11.2 Å².